The predicted molar refractivity (Wildman–Crippen MR) is 105 cm³/mol. The van der Waals surface area contributed by atoms with Crippen LogP contribution < -0.4 is 5.32 Å². The van der Waals surface area contributed by atoms with E-state index in [9.17, 15) is 9.59 Å². The lowest BCUT2D eigenvalue weighted by molar-refractivity contribution is -0.126. The summed E-state index contributed by atoms with van der Waals surface area (Å²) in [6, 6.07) is 7.19. The average Bonchev–Trinajstić information content (AvgIpc) is 2.72. The number of morpholine rings is 1. The largest absolute Gasteiger partial charge is 0.379 e. The van der Waals surface area contributed by atoms with Crippen LogP contribution in [-0.4, -0.2) is 73.6 Å². The summed E-state index contributed by atoms with van der Waals surface area (Å²) in [5.74, 6) is -0.138. The van der Waals surface area contributed by atoms with Crippen molar-refractivity contribution in [2.75, 3.05) is 45.9 Å². The Kier molecular flexibility index (Phi) is 7.10. The second-order valence-electron chi connectivity index (χ2n) is 7.34. The van der Waals surface area contributed by atoms with E-state index < -0.39 is 0 Å². The van der Waals surface area contributed by atoms with Crippen LogP contribution in [0.3, 0.4) is 0 Å². The van der Waals surface area contributed by atoms with Crippen molar-refractivity contribution in [2.45, 2.75) is 25.8 Å². The zero-order chi connectivity index (χ0) is 19.2. The van der Waals surface area contributed by atoms with Crippen molar-refractivity contribution in [1.29, 1.82) is 0 Å². The Morgan fingerprint density at radius 2 is 1.93 bits per heavy atom. The number of carbonyl (C=O) groups is 2. The van der Waals surface area contributed by atoms with Crippen molar-refractivity contribution in [3.63, 3.8) is 0 Å². The van der Waals surface area contributed by atoms with E-state index >= 15 is 0 Å². The summed E-state index contributed by atoms with van der Waals surface area (Å²) in [6.45, 7) is 7.23. The monoisotopic (exact) mass is 393 g/mol. The van der Waals surface area contributed by atoms with Gasteiger partial charge < -0.3 is 15.0 Å². The van der Waals surface area contributed by atoms with Crippen LogP contribution in [0.5, 0.6) is 0 Å². The Hall–Kier alpha value is -1.63. The first-order valence-electron chi connectivity index (χ1n) is 9.69. The number of rotatable bonds is 5. The van der Waals surface area contributed by atoms with Gasteiger partial charge in [0.2, 0.25) is 5.91 Å². The van der Waals surface area contributed by atoms with Gasteiger partial charge in [-0.05, 0) is 44.0 Å². The lowest BCUT2D eigenvalue weighted by Crippen LogP contribution is -2.50. The van der Waals surface area contributed by atoms with Gasteiger partial charge in [-0.25, -0.2) is 0 Å². The van der Waals surface area contributed by atoms with Crippen molar-refractivity contribution in [3.8, 4) is 0 Å². The van der Waals surface area contributed by atoms with Crippen LogP contribution in [0, 0.1) is 5.92 Å². The Balaban J connectivity index is 1.50. The molecule has 2 aliphatic rings. The Labute approximate surface area is 165 Å². The third-order valence-corrected chi connectivity index (χ3v) is 5.66. The van der Waals surface area contributed by atoms with Crippen molar-refractivity contribution in [1.82, 2.24) is 15.1 Å². The molecule has 0 aromatic heterocycles. The minimum absolute atomic E-state index is 0.0362. The van der Waals surface area contributed by atoms with E-state index in [4.69, 9.17) is 16.3 Å². The molecule has 0 aliphatic carbocycles. The third kappa shape index (κ3) is 5.43. The molecule has 6 nitrogen and oxygen atoms in total. The van der Waals surface area contributed by atoms with Gasteiger partial charge in [-0.1, -0.05) is 11.6 Å². The van der Waals surface area contributed by atoms with Gasteiger partial charge in [0.25, 0.3) is 5.91 Å². The van der Waals surface area contributed by atoms with Gasteiger partial charge in [0.15, 0.2) is 0 Å². The summed E-state index contributed by atoms with van der Waals surface area (Å²) < 4.78 is 5.37. The van der Waals surface area contributed by atoms with Crippen molar-refractivity contribution in [2.24, 2.45) is 5.92 Å². The fourth-order valence-corrected chi connectivity index (χ4v) is 3.82. The molecule has 3 rings (SSSR count). The highest BCUT2D eigenvalue weighted by molar-refractivity contribution is 6.30. The van der Waals surface area contributed by atoms with Crippen LogP contribution >= 0.6 is 11.6 Å². The van der Waals surface area contributed by atoms with E-state index in [1.165, 1.54) is 0 Å². The molecule has 1 N–H and O–H groups in total. The average molecular weight is 394 g/mol. The molecule has 2 fully saturated rings. The predicted octanol–water partition coefficient (Wildman–Crippen LogP) is 2.03. The molecule has 1 aromatic carbocycles. The molecular formula is C20H28ClN3O3. The first kappa shape index (κ1) is 20.1. The first-order valence-corrected chi connectivity index (χ1v) is 10.1. The van der Waals surface area contributed by atoms with Gasteiger partial charge in [0.1, 0.15) is 0 Å². The van der Waals surface area contributed by atoms with E-state index in [1.54, 1.807) is 29.2 Å². The highest BCUT2D eigenvalue weighted by atomic mass is 35.5. The lowest BCUT2D eigenvalue weighted by Gasteiger charge is -2.34. The zero-order valence-corrected chi connectivity index (χ0v) is 16.6. The van der Waals surface area contributed by atoms with Crippen molar-refractivity contribution < 1.29 is 14.3 Å². The van der Waals surface area contributed by atoms with Gasteiger partial charge in [-0.3, -0.25) is 14.5 Å². The third-order valence-electron chi connectivity index (χ3n) is 5.41. The topological polar surface area (TPSA) is 61.9 Å². The summed E-state index contributed by atoms with van der Waals surface area (Å²) >= 11 is 5.90. The molecule has 2 amide bonds. The number of nitrogens with one attached hydrogen (secondary N) is 1. The van der Waals surface area contributed by atoms with Crippen LogP contribution in [0.2, 0.25) is 5.02 Å². The van der Waals surface area contributed by atoms with Crippen molar-refractivity contribution in [3.05, 3.63) is 34.9 Å². The number of piperidine rings is 1. The van der Waals surface area contributed by atoms with E-state index in [2.05, 4.69) is 17.1 Å². The number of hydrogen-bond acceptors (Lipinski definition) is 4. The minimum atomic E-state index is -0.146. The highest BCUT2D eigenvalue weighted by Gasteiger charge is 2.29. The van der Waals surface area contributed by atoms with Gasteiger partial charge in [-0.2, -0.15) is 0 Å². The molecule has 1 aromatic rings. The van der Waals surface area contributed by atoms with E-state index in [0.717, 1.165) is 39.1 Å². The Bertz CT molecular complexity index is 646. The summed E-state index contributed by atoms with van der Waals surface area (Å²) in [6.07, 6.45) is 1.67. The van der Waals surface area contributed by atoms with Crippen LogP contribution in [0.15, 0.2) is 24.3 Å². The number of likely N-dealkylation sites (tertiary alicyclic amines) is 1. The summed E-state index contributed by atoms with van der Waals surface area (Å²) in [7, 11) is 0. The molecular weight excluding hydrogens is 366 g/mol. The molecule has 27 heavy (non-hydrogen) atoms. The van der Waals surface area contributed by atoms with Crippen LogP contribution in [0.25, 0.3) is 0 Å². The smallest absolute Gasteiger partial charge is 0.253 e. The molecule has 0 bridgehead atoms. The SMILES string of the molecule is CC(CNC(=O)C1CCCN(C(=O)c2ccc(Cl)cc2)C1)N1CCOCC1. The fourth-order valence-electron chi connectivity index (χ4n) is 3.69. The molecule has 148 valence electrons. The molecule has 2 saturated heterocycles. The molecule has 0 saturated carbocycles. The number of hydrogen-bond donors (Lipinski definition) is 1. The second-order valence-corrected chi connectivity index (χ2v) is 7.78. The van der Waals surface area contributed by atoms with Gasteiger partial charge in [-0.15, -0.1) is 0 Å². The van der Waals surface area contributed by atoms with E-state index in [0.29, 0.717) is 30.2 Å². The number of benzene rings is 1. The summed E-state index contributed by atoms with van der Waals surface area (Å²) in [4.78, 5) is 29.4. The second kappa shape index (κ2) is 9.53. The Morgan fingerprint density at radius 3 is 2.63 bits per heavy atom. The number of carbonyl (C=O) groups excluding carboxylic acids is 2. The van der Waals surface area contributed by atoms with Gasteiger partial charge in [0, 0.05) is 49.4 Å². The van der Waals surface area contributed by atoms with E-state index in [1.807, 2.05) is 0 Å². The number of nitrogens with zero attached hydrogens (tertiary/aromatic N) is 2. The maximum Gasteiger partial charge on any atom is 0.253 e. The molecule has 2 atom stereocenters. The van der Waals surface area contributed by atoms with Gasteiger partial charge >= 0.3 is 0 Å². The molecule has 0 radical (unpaired) electrons. The lowest BCUT2D eigenvalue weighted by atomic mass is 9.96. The molecule has 2 unspecified atom stereocenters. The fraction of sp³-hybridized carbons (Fsp3) is 0.600. The molecule has 2 heterocycles. The zero-order valence-electron chi connectivity index (χ0n) is 15.8. The first-order chi connectivity index (χ1) is 13.0. The maximum absolute atomic E-state index is 12.7. The standard InChI is InChI=1S/C20H28ClN3O3/c1-15(23-9-11-27-12-10-23)13-22-19(25)17-3-2-8-24(14-17)20(26)16-4-6-18(21)7-5-16/h4-7,15,17H,2-3,8-14H2,1H3,(H,22,25). The minimum Gasteiger partial charge on any atom is -0.379 e. The molecule has 2 aliphatic heterocycles. The van der Waals surface area contributed by atoms with Crippen molar-refractivity contribution >= 4 is 23.4 Å². The van der Waals surface area contributed by atoms with Crippen LogP contribution in [0.1, 0.15) is 30.1 Å². The van der Waals surface area contributed by atoms with Crippen LogP contribution in [-0.2, 0) is 9.53 Å². The number of amides is 2. The van der Waals surface area contributed by atoms with Gasteiger partial charge in [0.05, 0.1) is 19.1 Å². The maximum atomic E-state index is 12.7. The number of halogens is 1. The summed E-state index contributed by atoms with van der Waals surface area (Å²) in [5, 5.41) is 3.69. The molecule has 7 heteroatoms. The number of ether oxygens (including phenoxy) is 1. The van der Waals surface area contributed by atoms with E-state index in [-0.39, 0.29) is 23.8 Å². The normalized spacial score (nSPS) is 22.3. The Morgan fingerprint density at radius 1 is 1.22 bits per heavy atom. The molecule has 0 spiro atoms. The summed E-state index contributed by atoms with van der Waals surface area (Å²) in [5.41, 5.74) is 0.612. The highest BCUT2D eigenvalue weighted by Crippen LogP contribution is 2.20. The van der Waals surface area contributed by atoms with Crippen LogP contribution in [0.4, 0.5) is 0 Å². The quantitative estimate of drug-likeness (QED) is 0.831.